The second kappa shape index (κ2) is 10.9. The first-order valence-corrected chi connectivity index (χ1v) is 12.9. The van der Waals surface area contributed by atoms with Crippen molar-refractivity contribution in [2.45, 2.75) is 52.2 Å². The van der Waals surface area contributed by atoms with Gasteiger partial charge in [-0.3, -0.25) is 19.3 Å². The number of benzene rings is 3. The van der Waals surface area contributed by atoms with Gasteiger partial charge in [0, 0.05) is 39.1 Å². The predicted molar refractivity (Wildman–Crippen MR) is 145 cm³/mol. The van der Waals surface area contributed by atoms with Crippen molar-refractivity contribution in [3.63, 3.8) is 0 Å². The van der Waals surface area contributed by atoms with Crippen molar-refractivity contribution in [2.75, 3.05) is 11.4 Å². The maximum atomic E-state index is 13.9. The molecule has 4 rings (SSSR count). The zero-order chi connectivity index (χ0) is 26.0. The molecule has 0 saturated carbocycles. The van der Waals surface area contributed by atoms with E-state index in [0.29, 0.717) is 33.3 Å². The summed E-state index contributed by atoms with van der Waals surface area (Å²) in [6, 6.07) is 15.5. The van der Waals surface area contributed by atoms with Gasteiger partial charge in [-0.25, -0.2) is 0 Å². The molecule has 8 heteroatoms. The van der Waals surface area contributed by atoms with Crippen molar-refractivity contribution in [1.29, 1.82) is 0 Å². The Morgan fingerprint density at radius 1 is 0.972 bits per heavy atom. The minimum absolute atomic E-state index is 0.0420. The summed E-state index contributed by atoms with van der Waals surface area (Å²) in [5, 5.41) is 5.57. The van der Waals surface area contributed by atoms with E-state index in [4.69, 9.17) is 23.2 Å². The summed E-state index contributed by atoms with van der Waals surface area (Å²) in [6.45, 7) is 5.59. The van der Waals surface area contributed by atoms with Crippen LogP contribution in [0.5, 0.6) is 0 Å². The molecular formula is C28H29Cl2N3O3. The molecule has 0 radical (unpaired) electrons. The van der Waals surface area contributed by atoms with Crippen LogP contribution in [0.3, 0.4) is 0 Å². The number of amides is 3. The molecule has 36 heavy (non-hydrogen) atoms. The molecule has 3 aromatic carbocycles. The Bertz CT molecular complexity index is 1300. The van der Waals surface area contributed by atoms with Crippen molar-refractivity contribution in [3.05, 3.63) is 75.8 Å². The smallest absolute Gasteiger partial charge is 0.259 e. The highest BCUT2D eigenvalue weighted by Crippen LogP contribution is 2.37. The number of carbonyl (C=O) groups excluding carboxylic acids is 3. The molecule has 0 unspecified atom stereocenters. The zero-order valence-electron chi connectivity index (χ0n) is 20.6. The number of hydrogen-bond acceptors (Lipinski definition) is 3. The van der Waals surface area contributed by atoms with E-state index in [1.54, 1.807) is 24.3 Å². The largest absolute Gasteiger partial charge is 0.352 e. The molecule has 6 nitrogen and oxygen atoms in total. The Labute approximate surface area is 221 Å². The van der Waals surface area contributed by atoms with Crippen LogP contribution >= 0.6 is 23.2 Å². The summed E-state index contributed by atoms with van der Waals surface area (Å²) in [4.78, 5) is 43.4. The van der Waals surface area contributed by atoms with Gasteiger partial charge < -0.3 is 10.2 Å². The van der Waals surface area contributed by atoms with Gasteiger partial charge in [0.2, 0.25) is 11.8 Å². The topological polar surface area (TPSA) is 69.7 Å². The van der Waals surface area contributed by atoms with Crippen molar-refractivity contribution >= 4 is 57.4 Å². The quantitative estimate of drug-likeness (QED) is 0.382. The lowest BCUT2D eigenvalue weighted by Gasteiger charge is -2.33. The van der Waals surface area contributed by atoms with Gasteiger partial charge in [-0.2, -0.15) is 0 Å². The van der Waals surface area contributed by atoms with Crippen LogP contribution in [0.2, 0.25) is 10.0 Å². The molecule has 1 N–H and O–H groups in total. The third kappa shape index (κ3) is 4.93. The van der Waals surface area contributed by atoms with Crippen LogP contribution in [-0.2, 0) is 16.1 Å². The van der Waals surface area contributed by atoms with Crippen LogP contribution in [-0.4, -0.2) is 41.2 Å². The summed E-state index contributed by atoms with van der Waals surface area (Å²) in [5.41, 5.74) is 1.81. The summed E-state index contributed by atoms with van der Waals surface area (Å²) in [5.74, 6) is -0.847. The molecule has 1 aliphatic heterocycles. The van der Waals surface area contributed by atoms with E-state index in [1.807, 2.05) is 51.1 Å². The summed E-state index contributed by atoms with van der Waals surface area (Å²) < 4.78 is 0. The number of carbonyl (C=O) groups is 3. The monoisotopic (exact) mass is 525 g/mol. The minimum Gasteiger partial charge on any atom is -0.352 e. The van der Waals surface area contributed by atoms with E-state index in [9.17, 15) is 14.4 Å². The van der Waals surface area contributed by atoms with Gasteiger partial charge >= 0.3 is 0 Å². The first-order valence-electron chi connectivity index (χ1n) is 12.1. The molecule has 0 aliphatic carbocycles. The van der Waals surface area contributed by atoms with Gasteiger partial charge in [0.05, 0.1) is 5.69 Å². The molecule has 188 valence electrons. The molecule has 3 amide bonds. The molecule has 0 aromatic heterocycles. The van der Waals surface area contributed by atoms with E-state index in [1.165, 1.54) is 9.80 Å². The fourth-order valence-electron chi connectivity index (χ4n) is 4.58. The second-order valence-corrected chi connectivity index (χ2v) is 9.85. The molecule has 0 bridgehead atoms. The lowest BCUT2D eigenvalue weighted by atomic mass is 10.1. The Morgan fingerprint density at radius 3 is 2.25 bits per heavy atom. The fraction of sp³-hybridized carbons (Fsp3) is 0.321. The highest BCUT2D eigenvalue weighted by atomic mass is 35.5. The molecule has 1 aliphatic rings. The lowest BCUT2D eigenvalue weighted by Crippen LogP contribution is -2.53. The Hall–Kier alpha value is -3.09. The van der Waals surface area contributed by atoms with Crippen molar-refractivity contribution in [3.8, 4) is 0 Å². The van der Waals surface area contributed by atoms with Crippen molar-refractivity contribution < 1.29 is 14.4 Å². The van der Waals surface area contributed by atoms with Crippen LogP contribution in [0.15, 0.2) is 54.6 Å². The lowest BCUT2D eigenvalue weighted by molar-refractivity contribution is -0.140. The third-order valence-electron chi connectivity index (χ3n) is 6.72. The predicted octanol–water partition coefficient (Wildman–Crippen LogP) is 5.83. The van der Waals surface area contributed by atoms with Crippen LogP contribution in [0, 0.1) is 0 Å². The van der Waals surface area contributed by atoms with Crippen molar-refractivity contribution in [1.82, 2.24) is 10.2 Å². The number of hydrogen-bond donors (Lipinski definition) is 1. The van der Waals surface area contributed by atoms with E-state index in [-0.39, 0.29) is 36.9 Å². The van der Waals surface area contributed by atoms with Gasteiger partial charge in [0.15, 0.2) is 0 Å². The molecule has 0 fully saturated rings. The number of nitrogens with one attached hydrogen (secondary N) is 1. The zero-order valence-corrected chi connectivity index (χ0v) is 22.1. The van der Waals surface area contributed by atoms with E-state index >= 15 is 0 Å². The second-order valence-electron chi connectivity index (χ2n) is 9.04. The average Bonchev–Trinajstić information content (AvgIpc) is 3.13. The molecule has 3 aromatic rings. The van der Waals surface area contributed by atoms with Gasteiger partial charge in [-0.15, -0.1) is 0 Å². The molecule has 0 saturated heterocycles. The standard InChI is InChI=1S/C28H29Cl2N3O3/c1-4-17(3)31-27(35)23(5-2)32(15-20-21(29)12-8-13-22(20)30)25(34)16-33-24-14-7-10-18-9-6-11-19(26(18)24)28(33)36/h6-14,17,23H,4-5,15-16H2,1-3H3,(H,31,35)/t17-,23+/m0/s1. The first-order chi connectivity index (χ1) is 17.3. The SMILES string of the molecule is CC[C@H](C(=O)N[C@@H](C)CC)N(Cc1c(Cl)cccc1Cl)C(=O)CN1C(=O)c2cccc3cccc1c23. The normalized spacial score (nSPS) is 14.1. The summed E-state index contributed by atoms with van der Waals surface area (Å²) in [6.07, 6.45) is 1.15. The van der Waals surface area contributed by atoms with Crippen molar-refractivity contribution in [2.24, 2.45) is 0 Å². The molecule has 2 atom stereocenters. The molecule has 0 spiro atoms. The highest BCUT2D eigenvalue weighted by Gasteiger charge is 2.35. The fourth-order valence-corrected chi connectivity index (χ4v) is 5.09. The van der Waals surface area contributed by atoms with Crippen LogP contribution in [0.25, 0.3) is 10.8 Å². The van der Waals surface area contributed by atoms with Crippen LogP contribution in [0.1, 0.15) is 49.5 Å². The number of halogens is 2. The minimum atomic E-state index is -0.755. The van der Waals surface area contributed by atoms with Gasteiger partial charge in [0.25, 0.3) is 5.91 Å². The first kappa shape index (κ1) is 26.0. The Morgan fingerprint density at radius 2 is 1.61 bits per heavy atom. The van der Waals surface area contributed by atoms with E-state index in [2.05, 4.69) is 5.32 Å². The van der Waals surface area contributed by atoms with Gasteiger partial charge in [0.1, 0.15) is 12.6 Å². The number of rotatable bonds is 9. The average molecular weight is 526 g/mol. The van der Waals surface area contributed by atoms with E-state index in [0.717, 1.165) is 17.2 Å². The number of nitrogens with zero attached hydrogens (tertiary/aromatic N) is 2. The third-order valence-corrected chi connectivity index (χ3v) is 7.43. The highest BCUT2D eigenvalue weighted by molar-refractivity contribution is 6.36. The summed E-state index contributed by atoms with van der Waals surface area (Å²) >= 11 is 12.9. The van der Waals surface area contributed by atoms with Gasteiger partial charge in [-0.1, -0.05) is 67.4 Å². The Balaban J connectivity index is 1.68. The van der Waals surface area contributed by atoms with Crippen LogP contribution < -0.4 is 10.2 Å². The molecular weight excluding hydrogens is 497 g/mol. The maximum absolute atomic E-state index is 13.9. The van der Waals surface area contributed by atoms with E-state index < -0.39 is 6.04 Å². The Kier molecular flexibility index (Phi) is 7.86. The maximum Gasteiger partial charge on any atom is 0.259 e. The molecule has 1 heterocycles. The number of anilines is 1. The van der Waals surface area contributed by atoms with Gasteiger partial charge in [-0.05, 0) is 49.4 Å². The van der Waals surface area contributed by atoms with Crippen LogP contribution in [0.4, 0.5) is 5.69 Å². The summed E-state index contributed by atoms with van der Waals surface area (Å²) in [7, 11) is 0.